The molecule has 0 heterocycles. The first-order valence-electron chi connectivity index (χ1n) is 13.2. The number of ether oxygens (including phenoxy) is 4. The van der Waals surface area contributed by atoms with Crippen LogP contribution in [0.2, 0.25) is 0 Å². The monoisotopic (exact) mass is 525 g/mol. The first-order valence-corrected chi connectivity index (χ1v) is 13.2. The van der Waals surface area contributed by atoms with Crippen molar-refractivity contribution in [2.24, 2.45) is 5.41 Å². The van der Waals surface area contributed by atoms with Crippen molar-refractivity contribution in [3.05, 3.63) is 59.2 Å². The van der Waals surface area contributed by atoms with Crippen LogP contribution in [0.5, 0.6) is 11.5 Å². The van der Waals surface area contributed by atoms with Crippen LogP contribution in [-0.4, -0.2) is 62.5 Å². The van der Waals surface area contributed by atoms with Crippen molar-refractivity contribution in [2.75, 3.05) is 34.5 Å². The number of hydrogen-bond donors (Lipinski definition) is 1. The summed E-state index contributed by atoms with van der Waals surface area (Å²) in [5.41, 5.74) is 1.88. The van der Waals surface area contributed by atoms with E-state index in [1.807, 2.05) is 49.4 Å². The van der Waals surface area contributed by atoms with E-state index in [-0.39, 0.29) is 24.5 Å². The van der Waals surface area contributed by atoms with Gasteiger partial charge >= 0.3 is 5.97 Å². The Morgan fingerprint density at radius 1 is 1.05 bits per heavy atom. The molecule has 0 spiro atoms. The first kappa shape index (κ1) is 27.9. The van der Waals surface area contributed by atoms with Crippen molar-refractivity contribution in [3.8, 4) is 11.5 Å². The molecule has 2 saturated carbocycles. The molecule has 0 aromatic heterocycles. The van der Waals surface area contributed by atoms with E-state index in [0.717, 1.165) is 41.0 Å². The van der Waals surface area contributed by atoms with E-state index in [9.17, 15) is 14.7 Å². The molecule has 2 fully saturated rings. The third-order valence-electron chi connectivity index (χ3n) is 7.92. The van der Waals surface area contributed by atoms with Gasteiger partial charge in [0.2, 0.25) is 5.91 Å². The average Bonchev–Trinajstić information content (AvgIpc) is 3.74. The third kappa shape index (κ3) is 6.13. The van der Waals surface area contributed by atoms with Crippen LogP contribution in [0.1, 0.15) is 67.7 Å². The average molecular weight is 526 g/mol. The summed E-state index contributed by atoms with van der Waals surface area (Å²) < 4.78 is 22.7. The van der Waals surface area contributed by atoms with Gasteiger partial charge in [-0.3, -0.25) is 9.59 Å². The molecule has 2 aromatic rings. The van der Waals surface area contributed by atoms with E-state index in [1.165, 1.54) is 0 Å². The van der Waals surface area contributed by atoms with Crippen LogP contribution in [0.4, 0.5) is 0 Å². The molecule has 1 N–H and O–H groups in total. The van der Waals surface area contributed by atoms with E-state index >= 15 is 0 Å². The summed E-state index contributed by atoms with van der Waals surface area (Å²) in [6, 6.07) is 13.5. The number of nitrogens with zero attached hydrogens (tertiary/aromatic N) is 1. The van der Waals surface area contributed by atoms with Gasteiger partial charge in [0.1, 0.15) is 11.5 Å². The summed E-state index contributed by atoms with van der Waals surface area (Å²) in [6.07, 6.45) is 2.64. The van der Waals surface area contributed by atoms with Crippen LogP contribution in [-0.2, 0) is 25.7 Å². The minimum atomic E-state index is -1.11. The molecule has 2 aliphatic carbocycles. The Labute approximate surface area is 224 Å². The van der Waals surface area contributed by atoms with Crippen LogP contribution in [0, 0.1) is 5.41 Å². The second-order valence-electron chi connectivity index (χ2n) is 10.4. The Morgan fingerprint density at radius 3 is 2.21 bits per heavy atom. The van der Waals surface area contributed by atoms with E-state index in [0.29, 0.717) is 38.5 Å². The van der Waals surface area contributed by atoms with Gasteiger partial charge in [-0.2, -0.15) is 0 Å². The Morgan fingerprint density at radius 2 is 1.68 bits per heavy atom. The summed E-state index contributed by atoms with van der Waals surface area (Å²) in [4.78, 5) is 27.6. The lowest BCUT2D eigenvalue weighted by Crippen LogP contribution is -2.51. The topological polar surface area (TPSA) is 94.5 Å². The molecule has 2 aromatic carbocycles. The molecular formula is C30H39NO7. The molecule has 1 amide bonds. The van der Waals surface area contributed by atoms with Crippen molar-refractivity contribution in [1.82, 2.24) is 4.90 Å². The standard InChI is InChI=1S/C30H39NO7/c1-20(23-14-25(36-3)28(22-10-11-22)26(15-23)37-4)31(12-13-38-19-21-8-6-5-7-9-21)27(32)18-30(29(33)34)16-24(17-30)35-2/h5-9,14-15,20,22,24H,10-13,16-19H2,1-4H3,(H,33,34). The lowest BCUT2D eigenvalue weighted by Gasteiger charge is -2.44. The molecule has 0 saturated heterocycles. The zero-order chi connectivity index (χ0) is 27.3. The van der Waals surface area contributed by atoms with Gasteiger partial charge in [0.05, 0.1) is 45.0 Å². The molecule has 2 aliphatic rings. The van der Waals surface area contributed by atoms with Gasteiger partial charge in [-0.1, -0.05) is 30.3 Å². The highest BCUT2D eigenvalue weighted by Gasteiger charge is 2.52. The van der Waals surface area contributed by atoms with E-state index in [1.54, 1.807) is 26.2 Å². The lowest BCUT2D eigenvalue weighted by molar-refractivity contribution is -0.170. The van der Waals surface area contributed by atoms with Crippen molar-refractivity contribution in [3.63, 3.8) is 0 Å². The molecule has 206 valence electrons. The number of carbonyl (C=O) groups is 2. The highest BCUT2D eigenvalue weighted by atomic mass is 16.5. The van der Waals surface area contributed by atoms with Gasteiger partial charge in [0, 0.05) is 25.6 Å². The van der Waals surface area contributed by atoms with Gasteiger partial charge < -0.3 is 29.0 Å². The summed E-state index contributed by atoms with van der Waals surface area (Å²) in [7, 11) is 4.87. The number of amides is 1. The van der Waals surface area contributed by atoms with Crippen LogP contribution < -0.4 is 9.47 Å². The van der Waals surface area contributed by atoms with Crippen molar-refractivity contribution in [1.29, 1.82) is 0 Å². The molecule has 0 aliphatic heterocycles. The number of benzene rings is 2. The molecule has 4 rings (SSSR count). The Kier molecular flexibility index (Phi) is 8.95. The molecule has 0 bridgehead atoms. The van der Waals surface area contributed by atoms with Crippen molar-refractivity contribution in [2.45, 2.75) is 63.7 Å². The maximum absolute atomic E-state index is 13.7. The predicted molar refractivity (Wildman–Crippen MR) is 142 cm³/mol. The number of methoxy groups -OCH3 is 3. The van der Waals surface area contributed by atoms with Gasteiger partial charge in [0.25, 0.3) is 0 Å². The highest BCUT2D eigenvalue weighted by molar-refractivity contribution is 5.86. The van der Waals surface area contributed by atoms with Gasteiger partial charge in [0.15, 0.2) is 0 Å². The minimum absolute atomic E-state index is 0.0837. The zero-order valence-corrected chi connectivity index (χ0v) is 22.8. The number of carbonyl (C=O) groups excluding carboxylic acids is 1. The number of rotatable bonds is 14. The maximum Gasteiger partial charge on any atom is 0.310 e. The molecule has 0 radical (unpaired) electrons. The lowest BCUT2D eigenvalue weighted by atomic mass is 9.64. The quantitative estimate of drug-likeness (QED) is 0.349. The fourth-order valence-corrected chi connectivity index (χ4v) is 5.38. The molecule has 8 heteroatoms. The van der Waals surface area contributed by atoms with Gasteiger partial charge in [-0.05, 0) is 61.8 Å². The van der Waals surface area contributed by atoms with Crippen LogP contribution >= 0.6 is 0 Å². The van der Waals surface area contributed by atoms with Crippen molar-refractivity contribution < 1.29 is 33.6 Å². The van der Waals surface area contributed by atoms with E-state index < -0.39 is 11.4 Å². The molecule has 8 nitrogen and oxygen atoms in total. The fraction of sp³-hybridized carbons (Fsp3) is 0.533. The largest absolute Gasteiger partial charge is 0.496 e. The van der Waals surface area contributed by atoms with Gasteiger partial charge in [-0.25, -0.2) is 0 Å². The number of carboxylic acid groups (broad SMARTS) is 1. The highest BCUT2D eigenvalue weighted by Crippen LogP contribution is 2.50. The van der Waals surface area contributed by atoms with Crippen LogP contribution in [0.25, 0.3) is 0 Å². The smallest absolute Gasteiger partial charge is 0.310 e. The van der Waals surface area contributed by atoms with Crippen molar-refractivity contribution >= 4 is 11.9 Å². The summed E-state index contributed by atoms with van der Waals surface area (Å²) >= 11 is 0. The molecule has 1 unspecified atom stereocenters. The number of hydrogen-bond acceptors (Lipinski definition) is 6. The third-order valence-corrected chi connectivity index (χ3v) is 7.92. The Hall–Kier alpha value is -3.10. The fourth-order valence-electron chi connectivity index (χ4n) is 5.38. The Balaban J connectivity index is 1.55. The number of carboxylic acids is 1. The van der Waals surface area contributed by atoms with Gasteiger partial charge in [-0.15, -0.1) is 0 Å². The number of aliphatic carboxylic acids is 1. The minimum Gasteiger partial charge on any atom is -0.496 e. The SMILES string of the molecule is COc1cc(C(C)N(CCOCc2ccccc2)C(=O)CC2(C(=O)O)CC(OC)C2)cc(OC)c1C1CC1. The van der Waals surface area contributed by atoms with Crippen LogP contribution in [0.3, 0.4) is 0 Å². The molecule has 38 heavy (non-hydrogen) atoms. The summed E-state index contributed by atoms with van der Waals surface area (Å²) in [6.45, 7) is 3.03. The first-order chi connectivity index (χ1) is 18.3. The predicted octanol–water partition coefficient (Wildman–Crippen LogP) is 4.96. The van der Waals surface area contributed by atoms with E-state index in [2.05, 4.69) is 0 Å². The molecular weight excluding hydrogens is 486 g/mol. The van der Waals surface area contributed by atoms with Crippen LogP contribution in [0.15, 0.2) is 42.5 Å². The second kappa shape index (κ2) is 12.2. The van der Waals surface area contributed by atoms with E-state index in [4.69, 9.17) is 18.9 Å². The summed E-state index contributed by atoms with van der Waals surface area (Å²) in [5.74, 6) is 0.762. The maximum atomic E-state index is 13.7. The zero-order valence-electron chi connectivity index (χ0n) is 22.8. The normalized spacial score (nSPS) is 21.3. The molecule has 1 atom stereocenters. The Bertz CT molecular complexity index is 1080. The summed E-state index contributed by atoms with van der Waals surface area (Å²) in [5, 5.41) is 9.96. The second-order valence-corrected chi connectivity index (χ2v) is 10.4.